The van der Waals surface area contributed by atoms with Gasteiger partial charge in [0.05, 0.1) is 0 Å². The average molecular weight is 330 g/mol. The number of nitrogens with zero attached hydrogens (tertiary/aromatic N) is 2. The topological polar surface area (TPSA) is 18.5 Å². The maximum Gasteiger partial charge on any atom is 0.0299 e. The SMILES string of the molecule is CN1CCN(CCCNCc2cc(-c3ccccc3)cs2)CC1. The van der Waals surface area contributed by atoms with E-state index in [1.807, 2.05) is 11.3 Å². The summed E-state index contributed by atoms with van der Waals surface area (Å²) >= 11 is 1.85. The molecule has 2 aromatic rings. The van der Waals surface area contributed by atoms with E-state index < -0.39 is 0 Å². The second kappa shape index (κ2) is 8.60. The first-order valence-electron chi connectivity index (χ1n) is 8.56. The van der Waals surface area contributed by atoms with E-state index in [1.165, 1.54) is 55.1 Å². The molecular formula is C19H27N3S. The van der Waals surface area contributed by atoms with Gasteiger partial charge in [0, 0.05) is 37.6 Å². The van der Waals surface area contributed by atoms with E-state index in [0.29, 0.717) is 0 Å². The number of benzene rings is 1. The van der Waals surface area contributed by atoms with Crippen LogP contribution in [0.4, 0.5) is 0 Å². The van der Waals surface area contributed by atoms with Gasteiger partial charge in [-0.15, -0.1) is 11.3 Å². The Bertz CT molecular complexity index is 573. The normalized spacial score (nSPS) is 16.7. The van der Waals surface area contributed by atoms with Gasteiger partial charge in [-0.25, -0.2) is 0 Å². The predicted octanol–water partition coefficient (Wildman–Crippen LogP) is 3.14. The third-order valence-electron chi connectivity index (χ3n) is 4.48. The lowest BCUT2D eigenvalue weighted by atomic mass is 10.1. The maximum absolute atomic E-state index is 3.59. The molecule has 1 aromatic heterocycles. The quantitative estimate of drug-likeness (QED) is 0.787. The molecule has 3 rings (SSSR count). The second-order valence-electron chi connectivity index (χ2n) is 6.34. The third kappa shape index (κ3) is 5.15. The molecule has 1 saturated heterocycles. The van der Waals surface area contributed by atoms with E-state index in [9.17, 15) is 0 Å². The van der Waals surface area contributed by atoms with Crippen molar-refractivity contribution in [2.24, 2.45) is 0 Å². The van der Waals surface area contributed by atoms with Crippen molar-refractivity contribution in [3.63, 3.8) is 0 Å². The van der Waals surface area contributed by atoms with E-state index in [0.717, 1.165) is 13.1 Å². The first-order valence-corrected chi connectivity index (χ1v) is 9.44. The van der Waals surface area contributed by atoms with Crippen LogP contribution in [0.5, 0.6) is 0 Å². The third-order valence-corrected chi connectivity index (χ3v) is 5.42. The van der Waals surface area contributed by atoms with Crippen molar-refractivity contribution >= 4 is 11.3 Å². The maximum atomic E-state index is 3.59. The van der Waals surface area contributed by atoms with Crippen LogP contribution >= 0.6 is 11.3 Å². The molecule has 0 amide bonds. The number of hydrogen-bond acceptors (Lipinski definition) is 4. The van der Waals surface area contributed by atoms with E-state index in [2.05, 4.69) is 63.9 Å². The largest absolute Gasteiger partial charge is 0.312 e. The summed E-state index contributed by atoms with van der Waals surface area (Å²) in [5.41, 5.74) is 2.65. The Hall–Kier alpha value is -1.20. The highest BCUT2D eigenvalue weighted by molar-refractivity contribution is 7.10. The van der Waals surface area contributed by atoms with Gasteiger partial charge in [-0.05, 0) is 49.1 Å². The number of piperazine rings is 1. The lowest BCUT2D eigenvalue weighted by Crippen LogP contribution is -2.45. The minimum atomic E-state index is 0.986. The van der Waals surface area contributed by atoms with Gasteiger partial charge in [-0.1, -0.05) is 30.3 Å². The molecule has 0 unspecified atom stereocenters. The van der Waals surface area contributed by atoms with Crippen LogP contribution in [0.3, 0.4) is 0 Å². The van der Waals surface area contributed by atoms with Crippen molar-refractivity contribution in [3.05, 3.63) is 46.7 Å². The summed E-state index contributed by atoms with van der Waals surface area (Å²) in [5.74, 6) is 0. The smallest absolute Gasteiger partial charge is 0.0299 e. The van der Waals surface area contributed by atoms with Crippen molar-refractivity contribution in [2.45, 2.75) is 13.0 Å². The summed E-state index contributed by atoms with van der Waals surface area (Å²) < 4.78 is 0. The first-order chi connectivity index (χ1) is 11.3. The van der Waals surface area contributed by atoms with Crippen molar-refractivity contribution < 1.29 is 0 Å². The second-order valence-corrected chi connectivity index (χ2v) is 7.34. The molecule has 4 heteroatoms. The van der Waals surface area contributed by atoms with Gasteiger partial charge >= 0.3 is 0 Å². The number of hydrogen-bond donors (Lipinski definition) is 1. The van der Waals surface area contributed by atoms with Crippen LogP contribution in [0.2, 0.25) is 0 Å². The van der Waals surface area contributed by atoms with Crippen LogP contribution in [0, 0.1) is 0 Å². The van der Waals surface area contributed by atoms with E-state index >= 15 is 0 Å². The zero-order chi connectivity index (χ0) is 15.9. The molecule has 0 aliphatic carbocycles. The van der Waals surface area contributed by atoms with Gasteiger partial charge in [-0.3, -0.25) is 0 Å². The molecule has 0 spiro atoms. The molecule has 124 valence electrons. The minimum Gasteiger partial charge on any atom is -0.312 e. The molecule has 3 nitrogen and oxygen atoms in total. The summed E-state index contributed by atoms with van der Waals surface area (Å²) in [6, 6.07) is 12.9. The highest BCUT2D eigenvalue weighted by Crippen LogP contribution is 2.25. The highest BCUT2D eigenvalue weighted by atomic mass is 32.1. The summed E-state index contributed by atoms with van der Waals surface area (Å²) in [5, 5.41) is 5.85. The molecule has 2 heterocycles. The zero-order valence-electron chi connectivity index (χ0n) is 14.0. The fraction of sp³-hybridized carbons (Fsp3) is 0.474. The fourth-order valence-electron chi connectivity index (χ4n) is 2.97. The van der Waals surface area contributed by atoms with Crippen molar-refractivity contribution in [3.8, 4) is 11.1 Å². The number of nitrogens with one attached hydrogen (secondary N) is 1. The van der Waals surface area contributed by atoms with Gasteiger partial charge in [0.25, 0.3) is 0 Å². The van der Waals surface area contributed by atoms with Crippen LogP contribution in [-0.2, 0) is 6.54 Å². The van der Waals surface area contributed by atoms with Crippen LogP contribution in [0.25, 0.3) is 11.1 Å². The Labute approximate surface area is 143 Å². The lowest BCUT2D eigenvalue weighted by Gasteiger charge is -2.32. The Morgan fingerprint density at radius 1 is 1.04 bits per heavy atom. The molecule has 23 heavy (non-hydrogen) atoms. The molecule has 1 N–H and O–H groups in total. The van der Waals surface area contributed by atoms with Gasteiger partial charge in [0.15, 0.2) is 0 Å². The molecule has 1 aromatic carbocycles. The number of thiophene rings is 1. The van der Waals surface area contributed by atoms with Crippen molar-refractivity contribution in [1.82, 2.24) is 15.1 Å². The molecule has 0 atom stereocenters. The fourth-order valence-corrected chi connectivity index (χ4v) is 3.83. The number of likely N-dealkylation sites (N-methyl/N-ethyl adjacent to an activating group) is 1. The van der Waals surface area contributed by atoms with Crippen LogP contribution in [0.15, 0.2) is 41.8 Å². The Kier molecular flexibility index (Phi) is 6.22. The lowest BCUT2D eigenvalue weighted by molar-refractivity contribution is 0.153. The summed E-state index contributed by atoms with van der Waals surface area (Å²) in [7, 11) is 2.21. The van der Waals surface area contributed by atoms with Gasteiger partial charge in [0.1, 0.15) is 0 Å². The average Bonchev–Trinajstić information content (AvgIpc) is 3.06. The number of rotatable bonds is 7. The first kappa shape index (κ1) is 16.7. The van der Waals surface area contributed by atoms with Crippen LogP contribution < -0.4 is 5.32 Å². The van der Waals surface area contributed by atoms with Crippen molar-refractivity contribution in [2.75, 3.05) is 46.3 Å². The van der Waals surface area contributed by atoms with Gasteiger partial charge in [-0.2, -0.15) is 0 Å². The summed E-state index contributed by atoms with van der Waals surface area (Å²) in [6.45, 7) is 8.19. The monoisotopic (exact) mass is 329 g/mol. The zero-order valence-corrected chi connectivity index (χ0v) is 14.8. The molecule has 0 radical (unpaired) electrons. The van der Waals surface area contributed by atoms with E-state index in [4.69, 9.17) is 0 Å². The predicted molar refractivity (Wildman–Crippen MR) is 100 cm³/mol. The highest BCUT2D eigenvalue weighted by Gasteiger charge is 2.12. The van der Waals surface area contributed by atoms with Gasteiger partial charge in [0.2, 0.25) is 0 Å². The molecular weight excluding hydrogens is 302 g/mol. The van der Waals surface area contributed by atoms with E-state index in [-0.39, 0.29) is 0 Å². The van der Waals surface area contributed by atoms with Crippen LogP contribution in [-0.4, -0.2) is 56.1 Å². The Morgan fingerprint density at radius 2 is 1.83 bits per heavy atom. The molecule has 0 saturated carbocycles. The molecule has 1 fully saturated rings. The van der Waals surface area contributed by atoms with Gasteiger partial charge < -0.3 is 15.1 Å². The Balaban J connectivity index is 1.34. The molecule has 1 aliphatic heterocycles. The summed E-state index contributed by atoms with van der Waals surface area (Å²) in [6.07, 6.45) is 1.24. The minimum absolute atomic E-state index is 0.986. The molecule has 0 bridgehead atoms. The summed E-state index contributed by atoms with van der Waals surface area (Å²) in [4.78, 5) is 6.42. The Morgan fingerprint density at radius 3 is 2.61 bits per heavy atom. The standard InChI is InChI=1S/C19H27N3S/c1-21-10-12-22(13-11-21)9-5-8-20-15-19-14-18(16-23-19)17-6-3-2-4-7-17/h2-4,6-7,14,16,20H,5,8-13,15H2,1H3. The molecule has 1 aliphatic rings. The van der Waals surface area contributed by atoms with E-state index in [1.54, 1.807) is 0 Å². The van der Waals surface area contributed by atoms with Crippen molar-refractivity contribution in [1.29, 1.82) is 0 Å². The van der Waals surface area contributed by atoms with Crippen LogP contribution in [0.1, 0.15) is 11.3 Å².